The SMILES string of the molecule is C[C@H]1CC[C@H]([C@@H](C)[C@@H]2C[C@H]3[C@@H]4CC=C5C[C@@H](O[C@@H]6O[C@H](CO)[C@@H](O)[C@H](O)[C@H]6O)CC[C@]5(C)[C@H]4CC[C@]3(C)C2)NC1. The molecule has 0 aromatic carbocycles. The number of nitrogens with one attached hydrogen (secondary N) is 1. The Morgan fingerprint density at radius 1 is 1.05 bits per heavy atom. The van der Waals surface area contributed by atoms with Gasteiger partial charge >= 0.3 is 0 Å². The summed E-state index contributed by atoms with van der Waals surface area (Å²) in [5.41, 5.74) is 2.18. The van der Waals surface area contributed by atoms with Crippen molar-refractivity contribution in [2.24, 2.45) is 46.3 Å². The lowest BCUT2D eigenvalue weighted by molar-refractivity contribution is -0.313. The van der Waals surface area contributed by atoms with Crippen LogP contribution in [0.4, 0.5) is 0 Å². The second-order valence-electron chi connectivity index (χ2n) is 15.4. The molecule has 5 N–H and O–H groups in total. The predicted molar refractivity (Wildman–Crippen MR) is 153 cm³/mol. The summed E-state index contributed by atoms with van der Waals surface area (Å²) in [6, 6.07) is 0.690. The second kappa shape index (κ2) is 11.2. The van der Waals surface area contributed by atoms with Crippen LogP contribution in [0.2, 0.25) is 0 Å². The molecule has 7 heteroatoms. The smallest absolute Gasteiger partial charge is 0.186 e. The number of hydrogen-bond donors (Lipinski definition) is 5. The molecule has 228 valence electrons. The van der Waals surface area contributed by atoms with Gasteiger partial charge in [-0.2, -0.15) is 0 Å². The third-order valence-corrected chi connectivity index (χ3v) is 13.1. The van der Waals surface area contributed by atoms with E-state index < -0.39 is 37.3 Å². The number of aliphatic hydroxyl groups excluding tert-OH is 4. The predicted octanol–water partition coefficient (Wildman–Crippen LogP) is 3.77. The van der Waals surface area contributed by atoms with E-state index in [-0.39, 0.29) is 11.5 Å². The largest absolute Gasteiger partial charge is 0.394 e. The van der Waals surface area contributed by atoms with Gasteiger partial charge < -0.3 is 35.2 Å². The van der Waals surface area contributed by atoms with Gasteiger partial charge in [0.2, 0.25) is 0 Å². The molecular weight excluding hydrogens is 506 g/mol. The molecule has 0 spiro atoms. The zero-order valence-electron chi connectivity index (χ0n) is 25.2. The molecule has 2 aliphatic heterocycles. The first-order chi connectivity index (χ1) is 19.0. The molecular formula is C33H55NO6. The summed E-state index contributed by atoms with van der Waals surface area (Å²) in [7, 11) is 0. The number of rotatable bonds is 5. The minimum atomic E-state index is -1.40. The maximum Gasteiger partial charge on any atom is 0.186 e. The summed E-state index contributed by atoms with van der Waals surface area (Å²) in [5, 5.41) is 44.3. The van der Waals surface area contributed by atoms with E-state index in [0.29, 0.717) is 11.5 Å². The lowest BCUT2D eigenvalue weighted by atomic mass is 9.48. The van der Waals surface area contributed by atoms with Crippen molar-refractivity contribution in [2.75, 3.05) is 13.2 Å². The highest BCUT2D eigenvalue weighted by molar-refractivity contribution is 5.25. The Bertz CT molecular complexity index is 934. The van der Waals surface area contributed by atoms with E-state index in [1.165, 1.54) is 57.1 Å². The first kappa shape index (κ1) is 29.5. The zero-order valence-corrected chi connectivity index (χ0v) is 25.2. The fraction of sp³-hybridized carbons (Fsp3) is 0.939. The van der Waals surface area contributed by atoms with Crippen LogP contribution in [0.25, 0.3) is 0 Å². The lowest BCUT2D eigenvalue weighted by Crippen LogP contribution is -2.60. The second-order valence-corrected chi connectivity index (χ2v) is 15.4. The third kappa shape index (κ3) is 5.03. The molecule has 4 aliphatic carbocycles. The summed E-state index contributed by atoms with van der Waals surface area (Å²) in [6.45, 7) is 10.8. The van der Waals surface area contributed by atoms with Crippen LogP contribution in [0.3, 0.4) is 0 Å². The molecule has 6 aliphatic rings. The summed E-state index contributed by atoms with van der Waals surface area (Å²) in [5.74, 6) is 4.72. The molecule has 0 amide bonds. The molecule has 2 heterocycles. The summed E-state index contributed by atoms with van der Waals surface area (Å²) in [6.07, 6.45) is 8.49. The topological polar surface area (TPSA) is 111 Å². The van der Waals surface area contributed by atoms with Gasteiger partial charge in [-0.15, -0.1) is 0 Å². The summed E-state index contributed by atoms with van der Waals surface area (Å²) < 4.78 is 11.9. The van der Waals surface area contributed by atoms with Crippen LogP contribution < -0.4 is 5.32 Å². The van der Waals surface area contributed by atoms with Gasteiger partial charge in [0.15, 0.2) is 6.29 Å². The Hall–Kier alpha value is -0.540. The van der Waals surface area contributed by atoms with Crippen LogP contribution >= 0.6 is 0 Å². The van der Waals surface area contributed by atoms with E-state index in [2.05, 4.69) is 39.1 Å². The molecule has 6 rings (SSSR count). The van der Waals surface area contributed by atoms with Crippen LogP contribution in [-0.2, 0) is 9.47 Å². The monoisotopic (exact) mass is 561 g/mol. The molecule has 0 radical (unpaired) electrons. The van der Waals surface area contributed by atoms with Crippen molar-refractivity contribution < 1.29 is 29.9 Å². The van der Waals surface area contributed by atoms with Gasteiger partial charge in [0, 0.05) is 6.04 Å². The van der Waals surface area contributed by atoms with Crippen molar-refractivity contribution >= 4 is 0 Å². The van der Waals surface area contributed by atoms with Gasteiger partial charge in [0.25, 0.3) is 0 Å². The standard InChI is InChI=1S/C33H55NO6/c1-18-5-8-26(34-16-18)19(2)20-13-25-23-7-6-21-14-22(39-31-30(38)29(37)28(36)27(17-35)40-31)9-12-33(21,4)24(23)10-11-32(25,3)15-20/h6,18-20,22-31,34-38H,5,7-17H2,1-4H3/t18-,19-,20+,22-,23+,24-,25-,26+,27+,28+,29-,30+,31+,32+,33-/m0/s1. The fourth-order valence-corrected chi connectivity index (χ4v) is 10.4. The molecule has 0 aromatic rings. The number of piperidine rings is 1. The van der Waals surface area contributed by atoms with E-state index in [1.54, 1.807) is 0 Å². The summed E-state index contributed by atoms with van der Waals surface area (Å²) >= 11 is 0. The van der Waals surface area contributed by atoms with Crippen molar-refractivity contribution in [3.8, 4) is 0 Å². The number of allylic oxidation sites excluding steroid dienone is 1. The molecule has 0 aromatic heterocycles. The maximum atomic E-state index is 10.5. The molecule has 15 atom stereocenters. The van der Waals surface area contributed by atoms with Crippen LogP contribution in [0.15, 0.2) is 11.6 Å². The molecule has 0 unspecified atom stereocenters. The fourth-order valence-electron chi connectivity index (χ4n) is 10.4. The minimum Gasteiger partial charge on any atom is -0.394 e. The maximum absolute atomic E-state index is 10.5. The van der Waals surface area contributed by atoms with E-state index in [4.69, 9.17) is 9.47 Å². The van der Waals surface area contributed by atoms with Gasteiger partial charge in [-0.1, -0.05) is 39.3 Å². The van der Waals surface area contributed by atoms with Crippen LogP contribution in [-0.4, -0.2) is 76.4 Å². The highest BCUT2D eigenvalue weighted by Crippen LogP contribution is 2.66. The molecule has 40 heavy (non-hydrogen) atoms. The number of ether oxygens (including phenoxy) is 2. The third-order valence-electron chi connectivity index (χ3n) is 13.1. The first-order valence-corrected chi connectivity index (χ1v) is 16.4. The van der Waals surface area contributed by atoms with Crippen molar-refractivity contribution in [2.45, 2.75) is 135 Å². The quantitative estimate of drug-likeness (QED) is 0.325. The lowest BCUT2D eigenvalue weighted by Gasteiger charge is -2.57. The van der Waals surface area contributed by atoms with Crippen molar-refractivity contribution in [1.29, 1.82) is 0 Å². The van der Waals surface area contributed by atoms with E-state index in [0.717, 1.165) is 54.8 Å². The van der Waals surface area contributed by atoms with Crippen molar-refractivity contribution in [1.82, 2.24) is 5.32 Å². The highest BCUT2D eigenvalue weighted by atomic mass is 16.7. The Kier molecular flexibility index (Phi) is 8.26. The average molecular weight is 562 g/mol. The molecule has 5 fully saturated rings. The van der Waals surface area contributed by atoms with Crippen LogP contribution in [0, 0.1) is 46.3 Å². The highest BCUT2D eigenvalue weighted by Gasteiger charge is 2.58. The van der Waals surface area contributed by atoms with Gasteiger partial charge in [0.05, 0.1) is 12.7 Å². The van der Waals surface area contributed by atoms with Gasteiger partial charge in [-0.05, 0) is 117 Å². The normalized spacial score (nSPS) is 53.6. The number of hydrogen-bond acceptors (Lipinski definition) is 7. The molecule has 3 saturated carbocycles. The van der Waals surface area contributed by atoms with Gasteiger partial charge in [0.1, 0.15) is 24.4 Å². The number of fused-ring (bicyclic) bond motifs is 5. The Morgan fingerprint density at radius 3 is 2.58 bits per heavy atom. The zero-order chi connectivity index (χ0) is 28.4. The van der Waals surface area contributed by atoms with Crippen molar-refractivity contribution in [3.63, 3.8) is 0 Å². The minimum absolute atomic E-state index is 0.103. The van der Waals surface area contributed by atoms with Crippen LogP contribution in [0.5, 0.6) is 0 Å². The van der Waals surface area contributed by atoms with E-state index in [9.17, 15) is 20.4 Å². The van der Waals surface area contributed by atoms with Gasteiger partial charge in [-0.25, -0.2) is 0 Å². The Morgan fingerprint density at radius 2 is 1.85 bits per heavy atom. The Labute approximate surface area is 241 Å². The summed E-state index contributed by atoms with van der Waals surface area (Å²) in [4.78, 5) is 0. The molecule has 0 bridgehead atoms. The van der Waals surface area contributed by atoms with Crippen molar-refractivity contribution in [3.05, 3.63) is 11.6 Å². The first-order valence-electron chi connectivity index (χ1n) is 16.4. The molecule has 2 saturated heterocycles. The number of aliphatic hydroxyl groups is 4. The van der Waals surface area contributed by atoms with Crippen LogP contribution in [0.1, 0.15) is 91.9 Å². The van der Waals surface area contributed by atoms with E-state index in [1.807, 2.05) is 0 Å². The van der Waals surface area contributed by atoms with E-state index >= 15 is 0 Å². The molecule has 7 nitrogen and oxygen atoms in total. The average Bonchev–Trinajstić information content (AvgIpc) is 3.31. The van der Waals surface area contributed by atoms with Gasteiger partial charge in [-0.3, -0.25) is 0 Å². The Balaban J connectivity index is 1.12.